The van der Waals surface area contributed by atoms with Gasteiger partial charge in [0, 0.05) is 16.1 Å². The van der Waals surface area contributed by atoms with Crippen molar-refractivity contribution in [2.24, 2.45) is 0 Å². The van der Waals surface area contributed by atoms with Crippen molar-refractivity contribution >= 4 is 28.4 Å². The van der Waals surface area contributed by atoms with Crippen LogP contribution in [0.5, 0.6) is 11.5 Å². The summed E-state index contributed by atoms with van der Waals surface area (Å²) >= 11 is 11.6. The van der Waals surface area contributed by atoms with Gasteiger partial charge in [-0.15, -0.1) is 0 Å². The van der Waals surface area contributed by atoms with Crippen LogP contribution in [0, 0.1) is 0 Å². The number of hydrogen-bond donors (Lipinski definition) is 0. The van der Waals surface area contributed by atoms with Gasteiger partial charge in [-0.3, -0.25) is 4.79 Å². The summed E-state index contributed by atoms with van der Waals surface area (Å²) in [6, 6.07) is 12.3. The van der Waals surface area contributed by atoms with Gasteiger partial charge in [-0.1, -0.05) is 29.8 Å². The highest BCUT2D eigenvalue weighted by atomic mass is 35.5. The van der Waals surface area contributed by atoms with Crippen LogP contribution in [0.15, 0.2) is 42.5 Å². The number of halogens is 2. The quantitative estimate of drug-likeness (QED) is 0.722. The Hall–Kier alpha value is -1.71. The maximum absolute atomic E-state index is 11.2. The van der Waals surface area contributed by atoms with E-state index in [4.69, 9.17) is 32.7 Å². The first-order valence-corrected chi connectivity index (χ1v) is 7.20. The highest BCUT2D eigenvalue weighted by Crippen LogP contribution is 2.30. The zero-order valence-electron chi connectivity index (χ0n) is 11.4. The molecule has 0 saturated carbocycles. The molecule has 5 heteroatoms. The normalized spacial score (nSPS) is 10.2. The first kappa shape index (κ1) is 15.7. The molecule has 0 aliphatic rings. The number of hydrogen-bond acceptors (Lipinski definition) is 3. The zero-order chi connectivity index (χ0) is 15.2. The van der Waals surface area contributed by atoms with Gasteiger partial charge in [0.2, 0.25) is 0 Å². The standard InChI is InChI=1S/C16H14Cl2O3/c1-2-20-15-9-11(16(18)19)7-8-14(15)21-10-12-5-3-4-6-13(12)17/h3-9H,2,10H2,1H3. The van der Waals surface area contributed by atoms with Crippen molar-refractivity contribution in [3.8, 4) is 11.5 Å². The first-order chi connectivity index (χ1) is 10.1. The molecule has 0 N–H and O–H groups in total. The van der Waals surface area contributed by atoms with E-state index in [9.17, 15) is 4.79 Å². The lowest BCUT2D eigenvalue weighted by molar-refractivity contribution is 0.108. The Morgan fingerprint density at radius 1 is 1.10 bits per heavy atom. The third-order valence-electron chi connectivity index (χ3n) is 2.81. The van der Waals surface area contributed by atoms with E-state index in [0.29, 0.717) is 35.3 Å². The summed E-state index contributed by atoms with van der Waals surface area (Å²) in [7, 11) is 0. The number of benzene rings is 2. The second-order valence-corrected chi connectivity index (χ2v) is 5.00. The van der Waals surface area contributed by atoms with E-state index >= 15 is 0 Å². The Kier molecular flexibility index (Phi) is 5.48. The largest absolute Gasteiger partial charge is 0.490 e. The van der Waals surface area contributed by atoms with Gasteiger partial charge in [0.1, 0.15) is 6.61 Å². The average molecular weight is 325 g/mol. The van der Waals surface area contributed by atoms with Crippen molar-refractivity contribution in [3.63, 3.8) is 0 Å². The van der Waals surface area contributed by atoms with Crippen LogP contribution < -0.4 is 9.47 Å². The van der Waals surface area contributed by atoms with Crippen molar-refractivity contribution in [1.82, 2.24) is 0 Å². The second-order valence-electron chi connectivity index (χ2n) is 4.25. The van der Waals surface area contributed by atoms with Gasteiger partial charge in [0.25, 0.3) is 5.24 Å². The predicted octanol–water partition coefficient (Wildman–Crippen LogP) is 4.70. The van der Waals surface area contributed by atoms with Crippen molar-refractivity contribution in [3.05, 3.63) is 58.6 Å². The second kappa shape index (κ2) is 7.34. The molecule has 0 radical (unpaired) electrons. The smallest absolute Gasteiger partial charge is 0.252 e. The fraction of sp³-hybridized carbons (Fsp3) is 0.188. The molecule has 0 amide bonds. The van der Waals surface area contributed by atoms with E-state index in [1.54, 1.807) is 24.3 Å². The average Bonchev–Trinajstić information content (AvgIpc) is 2.47. The molecule has 0 aliphatic heterocycles. The molecule has 0 spiro atoms. The maximum Gasteiger partial charge on any atom is 0.252 e. The van der Waals surface area contributed by atoms with E-state index in [-0.39, 0.29) is 0 Å². The van der Waals surface area contributed by atoms with E-state index in [1.807, 2.05) is 25.1 Å². The molecule has 2 rings (SSSR count). The third kappa shape index (κ3) is 4.13. The van der Waals surface area contributed by atoms with Crippen molar-refractivity contribution < 1.29 is 14.3 Å². The summed E-state index contributed by atoms with van der Waals surface area (Å²) in [5.74, 6) is 1.02. The molecule has 0 unspecified atom stereocenters. The van der Waals surface area contributed by atoms with Crippen LogP contribution >= 0.6 is 23.2 Å². The molecule has 0 saturated heterocycles. The summed E-state index contributed by atoms with van der Waals surface area (Å²) in [5.41, 5.74) is 1.24. The highest BCUT2D eigenvalue weighted by Gasteiger charge is 2.10. The predicted molar refractivity (Wildman–Crippen MR) is 83.6 cm³/mol. The summed E-state index contributed by atoms with van der Waals surface area (Å²) < 4.78 is 11.2. The zero-order valence-corrected chi connectivity index (χ0v) is 12.9. The third-order valence-corrected chi connectivity index (χ3v) is 3.40. The minimum Gasteiger partial charge on any atom is -0.490 e. The van der Waals surface area contributed by atoms with Gasteiger partial charge in [-0.25, -0.2) is 0 Å². The van der Waals surface area contributed by atoms with Crippen LogP contribution in [0.25, 0.3) is 0 Å². The van der Waals surface area contributed by atoms with Gasteiger partial charge < -0.3 is 9.47 Å². The van der Waals surface area contributed by atoms with Gasteiger partial charge >= 0.3 is 0 Å². The number of ether oxygens (including phenoxy) is 2. The van der Waals surface area contributed by atoms with Crippen LogP contribution in [0.2, 0.25) is 5.02 Å². The summed E-state index contributed by atoms with van der Waals surface area (Å²) in [6.07, 6.45) is 0. The van der Waals surface area contributed by atoms with Gasteiger partial charge in [-0.05, 0) is 42.8 Å². The van der Waals surface area contributed by atoms with Crippen LogP contribution in [0.4, 0.5) is 0 Å². The Bertz CT molecular complexity index is 641. The molecule has 0 fully saturated rings. The van der Waals surface area contributed by atoms with Gasteiger partial charge in [0.05, 0.1) is 6.61 Å². The molecule has 0 heterocycles. The molecule has 2 aromatic carbocycles. The molecule has 0 bridgehead atoms. The molecule has 0 aliphatic carbocycles. The molecular formula is C16H14Cl2O3. The van der Waals surface area contributed by atoms with Crippen LogP contribution in [-0.2, 0) is 6.61 Å². The summed E-state index contributed by atoms with van der Waals surface area (Å²) in [6.45, 7) is 2.63. The highest BCUT2D eigenvalue weighted by molar-refractivity contribution is 6.67. The molecule has 110 valence electrons. The molecule has 0 aromatic heterocycles. The van der Waals surface area contributed by atoms with Crippen LogP contribution in [0.3, 0.4) is 0 Å². The lowest BCUT2D eigenvalue weighted by Gasteiger charge is -2.13. The van der Waals surface area contributed by atoms with E-state index in [2.05, 4.69) is 0 Å². The van der Waals surface area contributed by atoms with Gasteiger partial charge in [-0.2, -0.15) is 0 Å². The number of rotatable bonds is 6. The van der Waals surface area contributed by atoms with E-state index in [1.165, 1.54) is 0 Å². The Labute approximate surface area is 133 Å². The number of carbonyl (C=O) groups excluding carboxylic acids is 1. The Morgan fingerprint density at radius 2 is 1.86 bits per heavy atom. The molecule has 2 aromatic rings. The lowest BCUT2D eigenvalue weighted by Crippen LogP contribution is -2.01. The minimum atomic E-state index is -0.534. The summed E-state index contributed by atoms with van der Waals surface area (Å²) in [4.78, 5) is 11.2. The SMILES string of the molecule is CCOc1cc(C(=O)Cl)ccc1OCc1ccccc1Cl. The first-order valence-electron chi connectivity index (χ1n) is 6.44. The van der Waals surface area contributed by atoms with Crippen LogP contribution in [-0.4, -0.2) is 11.8 Å². The molecule has 0 atom stereocenters. The van der Waals surface area contributed by atoms with E-state index in [0.717, 1.165) is 5.56 Å². The van der Waals surface area contributed by atoms with Crippen molar-refractivity contribution in [2.45, 2.75) is 13.5 Å². The molecule has 21 heavy (non-hydrogen) atoms. The Morgan fingerprint density at radius 3 is 2.52 bits per heavy atom. The lowest BCUT2D eigenvalue weighted by atomic mass is 10.2. The fourth-order valence-electron chi connectivity index (χ4n) is 1.79. The molecular weight excluding hydrogens is 311 g/mol. The molecule has 3 nitrogen and oxygen atoms in total. The monoisotopic (exact) mass is 324 g/mol. The van der Waals surface area contributed by atoms with Crippen LogP contribution in [0.1, 0.15) is 22.8 Å². The number of carbonyl (C=O) groups is 1. The maximum atomic E-state index is 11.2. The summed E-state index contributed by atoms with van der Waals surface area (Å²) in [5, 5.41) is 0.108. The van der Waals surface area contributed by atoms with Crippen molar-refractivity contribution in [1.29, 1.82) is 0 Å². The fourth-order valence-corrected chi connectivity index (χ4v) is 2.10. The topological polar surface area (TPSA) is 35.5 Å². The Balaban J connectivity index is 2.19. The van der Waals surface area contributed by atoms with Gasteiger partial charge in [0.15, 0.2) is 11.5 Å². The van der Waals surface area contributed by atoms with Crippen molar-refractivity contribution in [2.75, 3.05) is 6.61 Å². The minimum absolute atomic E-state index is 0.313. The van der Waals surface area contributed by atoms with E-state index < -0.39 is 5.24 Å².